The van der Waals surface area contributed by atoms with Crippen LogP contribution in [0.15, 0.2) is 122 Å². The first-order chi connectivity index (χ1) is 34.9. The Kier molecular flexibility index (Phi) is 17.6. The number of aliphatic imine (C=N–C) groups is 1. The van der Waals surface area contributed by atoms with Gasteiger partial charge in [0.25, 0.3) is 5.69 Å². The van der Waals surface area contributed by atoms with Crippen LogP contribution in [0.25, 0.3) is 27.5 Å². The van der Waals surface area contributed by atoms with Crippen LogP contribution in [0.4, 0.5) is 15.7 Å². The van der Waals surface area contributed by atoms with E-state index in [1.54, 1.807) is 48.8 Å². The maximum absolute atomic E-state index is 12.3. The van der Waals surface area contributed by atoms with Crippen molar-refractivity contribution in [2.24, 2.45) is 4.99 Å². The Morgan fingerprint density at radius 3 is 2.27 bits per heavy atom. The predicted octanol–water partition coefficient (Wildman–Crippen LogP) is 13.2. The molecule has 17 heteroatoms. The molecule has 0 spiro atoms. The summed E-state index contributed by atoms with van der Waals surface area (Å²) in [6.45, 7) is 11.3. The lowest BCUT2D eigenvalue weighted by atomic mass is 9.89. The Morgan fingerprint density at radius 1 is 0.904 bits per heavy atom. The van der Waals surface area contributed by atoms with E-state index in [0.29, 0.717) is 52.4 Å². The van der Waals surface area contributed by atoms with Crippen molar-refractivity contribution < 1.29 is 42.6 Å². The quantitative estimate of drug-likeness (QED) is 0.0380. The van der Waals surface area contributed by atoms with E-state index in [2.05, 4.69) is 46.3 Å². The number of nitrogens with zero attached hydrogens (tertiary/aromatic N) is 2. The molecule has 2 aliphatic heterocycles. The van der Waals surface area contributed by atoms with E-state index in [1.165, 1.54) is 61.4 Å². The van der Waals surface area contributed by atoms with Gasteiger partial charge in [0.15, 0.2) is 35.7 Å². The lowest BCUT2D eigenvalue weighted by Gasteiger charge is -2.16. The highest BCUT2D eigenvalue weighted by molar-refractivity contribution is 14.1. The number of thiophene rings is 2. The average molecular weight is 1150 g/mol. The molecule has 5 heterocycles. The molecule has 73 heavy (non-hydrogen) atoms. The number of nitrogens with two attached hydrogens (primary N) is 1. The number of thioether (sulfide) groups is 1. The normalized spacial score (nSPS) is 13.7. The molecule has 0 amide bonds. The highest BCUT2D eigenvalue weighted by Gasteiger charge is 2.29. The SMILES string of the molecule is C=C1CC(=O)/C(=C\c2ccc(OC)c(I)c2)S1.CCOC(=O)c1c(N)sc2c1CCc1ccccc1-2.COc1cccc2cc(C(C)=O)c(=O)oc12.Cc1sc2c(c1C)C(=O)CC(c1ccc([N+](C)=O)cc1)=N2. The van der Waals surface area contributed by atoms with Gasteiger partial charge in [0.05, 0.1) is 52.6 Å². The smallest absolute Gasteiger partial charge is 0.347 e. The predicted molar refractivity (Wildman–Crippen MR) is 301 cm³/mol. The van der Waals surface area contributed by atoms with Gasteiger partial charge in [0.2, 0.25) is 0 Å². The third kappa shape index (κ3) is 12.4. The fourth-order valence-corrected chi connectivity index (χ4v) is 12.0. The van der Waals surface area contributed by atoms with Gasteiger partial charge >= 0.3 is 11.6 Å². The molecule has 7 aromatic rings. The maximum atomic E-state index is 12.3. The van der Waals surface area contributed by atoms with Crippen LogP contribution in [0.1, 0.15) is 90.5 Å². The summed E-state index contributed by atoms with van der Waals surface area (Å²) in [5.74, 6) is 1.01. The van der Waals surface area contributed by atoms with Crippen molar-refractivity contribution in [1.29, 1.82) is 0 Å². The summed E-state index contributed by atoms with van der Waals surface area (Å²) in [6.07, 6.45) is 4.49. The molecule has 1 fully saturated rings. The lowest BCUT2D eigenvalue weighted by molar-refractivity contribution is -0.428. The standard InChI is InChI=1S/C16H15N2O2S.C15H15NO2S.C13H11IO2S.C12H10O4/c1-9-10(2)21-16-15(9)14(19)8-13(17-16)11-4-6-12(7-5-11)18(3)20;1-2-18-15(17)12-11-8-7-9-5-3-4-6-10(9)13(11)19-14(12)16;1-8-5-11(15)13(17-8)7-9-3-4-12(16-2)10(14)6-9;1-7(13)9-6-8-4-3-5-10(15-2)11(8)16-12(9)14/h4-7H,8H2,1-3H3;3-6H,2,7-8,16H2,1H3;3-4,6-7H,1,5H2,2H3;3-6H,1-2H3/q+1;;;/b;;13-7+;. The van der Waals surface area contributed by atoms with Crippen LogP contribution in [0.3, 0.4) is 0 Å². The summed E-state index contributed by atoms with van der Waals surface area (Å²) < 4.78 is 22.3. The zero-order valence-corrected chi connectivity index (χ0v) is 45.7. The molecule has 13 nitrogen and oxygen atoms in total. The minimum atomic E-state index is -0.635. The Morgan fingerprint density at radius 2 is 1.63 bits per heavy atom. The van der Waals surface area contributed by atoms with E-state index < -0.39 is 5.63 Å². The monoisotopic (exact) mass is 1150 g/mol. The molecule has 0 unspecified atom stereocenters. The summed E-state index contributed by atoms with van der Waals surface area (Å²) >= 11 is 6.74. The van der Waals surface area contributed by atoms with Crippen LogP contribution in [-0.2, 0) is 22.4 Å². The largest absolute Gasteiger partial charge is 0.496 e. The van der Waals surface area contributed by atoms with Gasteiger partial charge in [0.1, 0.15) is 21.3 Å². The number of ketones is 3. The highest BCUT2D eigenvalue weighted by atomic mass is 127. The van der Waals surface area contributed by atoms with Crippen LogP contribution in [0.2, 0.25) is 0 Å². The molecule has 1 saturated heterocycles. The van der Waals surface area contributed by atoms with Gasteiger partial charge in [-0.05, 0) is 144 Å². The summed E-state index contributed by atoms with van der Waals surface area (Å²) in [5, 5.41) is 2.05. The number of halogens is 1. The molecule has 2 N–H and O–H groups in total. The topological polar surface area (TPSA) is 185 Å². The van der Waals surface area contributed by atoms with Crippen molar-refractivity contribution in [3.05, 3.63) is 176 Å². The Bertz CT molecular complexity index is 3480. The zero-order valence-electron chi connectivity index (χ0n) is 41.1. The molecule has 3 aliphatic rings. The first-order valence-corrected chi connectivity index (χ1v) is 26.4. The molecule has 1 aliphatic carbocycles. The van der Waals surface area contributed by atoms with Crippen molar-refractivity contribution in [1.82, 2.24) is 0 Å². The Hall–Kier alpha value is -6.80. The van der Waals surface area contributed by atoms with Crippen LogP contribution >= 0.6 is 57.0 Å². The van der Waals surface area contributed by atoms with Crippen molar-refractivity contribution in [2.75, 3.05) is 33.6 Å². The van der Waals surface area contributed by atoms with Crippen LogP contribution in [0, 0.1) is 22.3 Å². The van der Waals surface area contributed by atoms with Crippen LogP contribution in [-0.4, -0.2) is 61.7 Å². The molecular formula is C56H51IN3O10S3+. The molecule has 0 saturated carbocycles. The number of nitroso groups, excluding NO2 is 1. The van der Waals surface area contributed by atoms with Crippen molar-refractivity contribution in [3.63, 3.8) is 0 Å². The van der Waals surface area contributed by atoms with E-state index in [-0.39, 0.29) is 28.9 Å². The Balaban J connectivity index is 0.000000143. The van der Waals surface area contributed by atoms with Gasteiger partial charge in [-0.25, -0.2) is 14.6 Å². The van der Waals surface area contributed by atoms with E-state index in [1.807, 2.05) is 69.3 Å². The van der Waals surface area contributed by atoms with Gasteiger partial charge in [-0.2, -0.15) is 0 Å². The highest BCUT2D eigenvalue weighted by Crippen LogP contribution is 2.44. The number of hydrogen-bond acceptors (Lipinski definition) is 15. The molecule has 10 rings (SSSR count). The number of fused-ring (bicyclic) bond motifs is 5. The summed E-state index contributed by atoms with van der Waals surface area (Å²) in [7, 11) is 4.60. The number of aryl methyl sites for hydroxylation is 2. The number of esters is 1. The van der Waals surface area contributed by atoms with E-state index >= 15 is 0 Å². The van der Waals surface area contributed by atoms with Gasteiger partial charge < -0.3 is 24.4 Å². The summed E-state index contributed by atoms with van der Waals surface area (Å²) in [6, 6.07) is 28.1. The third-order valence-electron chi connectivity index (χ3n) is 11.9. The second-order valence-corrected chi connectivity index (χ2v) is 21.4. The van der Waals surface area contributed by atoms with E-state index in [9.17, 15) is 28.9 Å². The van der Waals surface area contributed by atoms with Gasteiger partial charge in [-0.15, -0.1) is 22.7 Å². The number of benzene rings is 4. The number of methoxy groups -OCH3 is 2. The number of carbonyl (C=O) groups excluding carboxylic acids is 4. The second kappa shape index (κ2) is 23.8. The molecule has 0 atom stereocenters. The Labute approximate surface area is 447 Å². The molecular weight excluding hydrogens is 1100 g/mol. The van der Waals surface area contributed by atoms with Crippen molar-refractivity contribution in [3.8, 4) is 21.9 Å². The number of para-hydroxylation sites is 1. The summed E-state index contributed by atoms with van der Waals surface area (Å²) in [5.41, 5.74) is 15.1. The average Bonchev–Trinajstić information content (AvgIpc) is 3.99. The second-order valence-electron chi connectivity index (χ2n) is 16.7. The summed E-state index contributed by atoms with van der Waals surface area (Å²) in [4.78, 5) is 78.5. The van der Waals surface area contributed by atoms with Crippen molar-refractivity contribution >= 4 is 119 Å². The fourth-order valence-electron chi connectivity index (χ4n) is 8.11. The number of Topliss-reactive ketones (excluding diaryl/α,β-unsaturated/α-hetero) is 3. The molecule has 0 bridgehead atoms. The number of rotatable bonds is 8. The van der Waals surface area contributed by atoms with Gasteiger partial charge in [-0.1, -0.05) is 60.8 Å². The van der Waals surface area contributed by atoms with Gasteiger partial charge in [-0.3, -0.25) is 14.4 Å². The maximum Gasteiger partial charge on any atom is 0.347 e. The first-order valence-electron chi connectivity index (χ1n) is 22.9. The lowest BCUT2D eigenvalue weighted by Crippen LogP contribution is -2.14. The zero-order chi connectivity index (χ0) is 52.7. The number of nitrogen functional groups attached to an aromatic ring is 1. The fraction of sp³-hybridized carbons (Fsp3) is 0.214. The molecule has 4 aromatic carbocycles. The molecule has 3 aromatic heterocycles. The number of hydrogen-bond donors (Lipinski definition) is 1. The minimum Gasteiger partial charge on any atom is -0.496 e. The third-order valence-corrected chi connectivity index (χ3v) is 15.9. The number of ether oxygens (including phenoxy) is 3. The van der Waals surface area contributed by atoms with Crippen LogP contribution in [0.5, 0.6) is 11.5 Å². The van der Waals surface area contributed by atoms with E-state index in [0.717, 1.165) is 85.0 Å². The molecule has 374 valence electrons. The van der Waals surface area contributed by atoms with Crippen molar-refractivity contribution in [2.45, 2.75) is 53.4 Å². The minimum absolute atomic E-state index is 0.0563. The first kappa shape index (κ1) is 54.0. The number of carbonyl (C=O) groups is 4. The van der Waals surface area contributed by atoms with Gasteiger partial charge in [0, 0.05) is 43.4 Å². The number of allylic oxidation sites excluding steroid dienone is 2. The van der Waals surface area contributed by atoms with Crippen LogP contribution < -0.4 is 20.8 Å². The number of anilines is 1. The molecule has 0 radical (unpaired) electrons. The van der Waals surface area contributed by atoms with E-state index in [4.69, 9.17) is 24.4 Å².